The number of hydrogen-bond donors (Lipinski definition) is 1. The lowest BCUT2D eigenvalue weighted by Gasteiger charge is -2.07. The lowest BCUT2D eigenvalue weighted by Crippen LogP contribution is -2.03. The number of nitrogens with one attached hydrogen (secondary N) is 1. The molecule has 1 N–H and O–H groups in total. The van der Waals surface area contributed by atoms with E-state index in [1.807, 2.05) is 53.2 Å². The minimum absolute atomic E-state index is 0.596. The molecule has 0 amide bonds. The summed E-state index contributed by atoms with van der Waals surface area (Å²) in [4.78, 5) is 4.54. The highest BCUT2D eigenvalue weighted by Gasteiger charge is 2.11. The van der Waals surface area contributed by atoms with Crippen molar-refractivity contribution in [2.24, 2.45) is 0 Å². The normalized spacial score (nSPS) is 11.0. The Balaban J connectivity index is 1.81. The highest BCUT2D eigenvalue weighted by atomic mass is 32.1. The molecule has 0 fully saturated rings. The molecule has 4 aromatic rings. The first kappa shape index (κ1) is 13.8. The van der Waals surface area contributed by atoms with Crippen molar-refractivity contribution in [3.05, 3.63) is 77.2 Å². The van der Waals surface area contributed by atoms with Crippen molar-refractivity contribution in [3.63, 3.8) is 0 Å². The molecule has 23 heavy (non-hydrogen) atoms. The number of rotatable bonds is 3. The van der Waals surface area contributed by atoms with E-state index in [1.165, 1.54) is 5.56 Å². The first-order chi connectivity index (χ1) is 11.3. The van der Waals surface area contributed by atoms with E-state index in [0.717, 1.165) is 22.3 Å². The second-order valence-corrected chi connectivity index (χ2v) is 5.73. The van der Waals surface area contributed by atoms with Gasteiger partial charge in [0.1, 0.15) is 5.69 Å². The molecule has 0 aliphatic rings. The zero-order valence-corrected chi connectivity index (χ0v) is 13.1. The average Bonchev–Trinajstić information content (AvgIpc) is 2.96. The Kier molecular flexibility index (Phi) is 3.48. The van der Waals surface area contributed by atoms with Crippen LogP contribution in [0.3, 0.4) is 0 Å². The number of H-pyrrole nitrogens is 1. The molecule has 0 aliphatic heterocycles. The maximum absolute atomic E-state index is 5.38. The van der Waals surface area contributed by atoms with E-state index in [9.17, 15) is 0 Å². The fraction of sp³-hybridized carbons (Fsp3) is 0.0556. The van der Waals surface area contributed by atoms with Crippen molar-refractivity contribution in [2.75, 3.05) is 0 Å². The van der Waals surface area contributed by atoms with Gasteiger partial charge in [-0.2, -0.15) is 5.10 Å². The summed E-state index contributed by atoms with van der Waals surface area (Å²) in [5.74, 6) is 0.754. The number of benzene rings is 2. The van der Waals surface area contributed by atoms with Gasteiger partial charge in [-0.15, -0.1) is 0 Å². The molecule has 0 aliphatic carbocycles. The van der Waals surface area contributed by atoms with Gasteiger partial charge in [-0.3, -0.25) is 14.6 Å². The average molecular weight is 318 g/mol. The maximum atomic E-state index is 5.38. The Hall–Kier alpha value is -2.79. The van der Waals surface area contributed by atoms with Crippen molar-refractivity contribution >= 4 is 23.0 Å². The van der Waals surface area contributed by atoms with Gasteiger partial charge in [-0.05, 0) is 29.2 Å². The van der Waals surface area contributed by atoms with Crippen molar-refractivity contribution in [1.29, 1.82) is 0 Å². The smallest absolute Gasteiger partial charge is 0.195 e. The second kappa shape index (κ2) is 5.78. The molecular formula is C18H14N4S. The van der Waals surface area contributed by atoms with Gasteiger partial charge in [0, 0.05) is 11.6 Å². The molecule has 2 aromatic carbocycles. The number of nitrogens with zero attached hydrogens (tertiary/aromatic N) is 3. The number of fused-ring (bicyclic) bond motifs is 1. The Morgan fingerprint density at radius 3 is 2.52 bits per heavy atom. The standard InChI is InChI=1S/C18H14N4S/c23-18-21-20-17(22(18)12-13-6-2-1-3-7-13)16-10-14-8-4-5-9-15(14)11-19-16/h1-11H,12H2,(H,21,23). The highest BCUT2D eigenvalue weighted by Crippen LogP contribution is 2.21. The molecule has 0 unspecified atom stereocenters. The van der Waals surface area contributed by atoms with E-state index in [-0.39, 0.29) is 0 Å². The molecular weight excluding hydrogens is 304 g/mol. The minimum atomic E-state index is 0.596. The third-order valence-electron chi connectivity index (χ3n) is 3.80. The molecule has 0 radical (unpaired) electrons. The van der Waals surface area contributed by atoms with Crippen LogP contribution in [0.4, 0.5) is 0 Å². The zero-order chi connectivity index (χ0) is 15.6. The SMILES string of the molecule is S=c1[nH]nc(-c2cc3ccccc3cn2)n1Cc1ccccc1. The first-order valence-electron chi connectivity index (χ1n) is 7.35. The van der Waals surface area contributed by atoms with Crippen LogP contribution in [0.2, 0.25) is 0 Å². The molecule has 5 heteroatoms. The van der Waals surface area contributed by atoms with Gasteiger partial charge < -0.3 is 0 Å². The van der Waals surface area contributed by atoms with Crippen LogP contribution in [-0.2, 0) is 6.54 Å². The molecule has 0 saturated heterocycles. The summed E-state index contributed by atoms with van der Waals surface area (Å²) >= 11 is 5.38. The largest absolute Gasteiger partial charge is 0.294 e. The van der Waals surface area contributed by atoms with Crippen molar-refractivity contribution in [3.8, 4) is 11.5 Å². The van der Waals surface area contributed by atoms with E-state index in [4.69, 9.17) is 12.2 Å². The van der Waals surface area contributed by atoms with E-state index in [2.05, 4.69) is 33.4 Å². The monoisotopic (exact) mass is 318 g/mol. The second-order valence-electron chi connectivity index (χ2n) is 5.34. The van der Waals surface area contributed by atoms with Gasteiger partial charge in [-0.1, -0.05) is 54.6 Å². The molecule has 0 spiro atoms. The summed E-state index contributed by atoms with van der Waals surface area (Å²) in [7, 11) is 0. The molecule has 4 nitrogen and oxygen atoms in total. The molecule has 0 bridgehead atoms. The fourth-order valence-corrected chi connectivity index (χ4v) is 2.83. The van der Waals surface area contributed by atoms with Crippen LogP contribution in [0.5, 0.6) is 0 Å². The minimum Gasteiger partial charge on any atom is -0.294 e. The van der Waals surface area contributed by atoms with E-state index in [1.54, 1.807) is 0 Å². The van der Waals surface area contributed by atoms with Crippen LogP contribution in [-0.4, -0.2) is 19.7 Å². The van der Waals surface area contributed by atoms with Gasteiger partial charge in [-0.25, -0.2) is 0 Å². The fourth-order valence-electron chi connectivity index (χ4n) is 2.63. The van der Waals surface area contributed by atoms with E-state index in [0.29, 0.717) is 11.3 Å². The van der Waals surface area contributed by atoms with Gasteiger partial charge in [0.25, 0.3) is 0 Å². The first-order valence-corrected chi connectivity index (χ1v) is 7.76. The molecule has 2 heterocycles. The Morgan fingerprint density at radius 1 is 0.957 bits per heavy atom. The lowest BCUT2D eigenvalue weighted by atomic mass is 10.1. The summed E-state index contributed by atoms with van der Waals surface area (Å²) in [5.41, 5.74) is 1.99. The zero-order valence-electron chi connectivity index (χ0n) is 12.3. The van der Waals surface area contributed by atoms with Crippen LogP contribution in [0, 0.1) is 4.77 Å². The van der Waals surface area contributed by atoms with Crippen molar-refractivity contribution in [2.45, 2.75) is 6.54 Å². The quantitative estimate of drug-likeness (QED) is 0.576. The summed E-state index contributed by atoms with van der Waals surface area (Å²) in [6, 6.07) is 20.4. The third kappa shape index (κ3) is 2.66. The number of aromatic amines is 1. The summed E-state index contributed by atoms with van der Waals surface area (Å²) in [6.45, 7) is 0.667. The van der Waals surface area contributed by atoms with Crippen LogP contribution in [0.15, 0.2) is 66.9 Å². The summed E-state index contributed by atoms with van der Waals surface area (Å²) < 4.78 is 2.57. The Bertz CT molecular complexity index is 1020. The predicted molar refractivity (Wildman–Crippen MR) is 93.7 cm³/mol. The van der Waals surface area contributed by atoms with Gasteiger partial charge in [0.15, 0.2) is 10.6 Å². The Morgan fingerprint density at radius 2 is 1.70 bits per heavy atom. The van der Waals surface area contributed by atoms with Crippen LogP contribution in [0.1, 0.15) is 5.56 Å². The van der Waals surface area contributed by atoms with E-state index >= 15 is 0 Å². The van der Waals surface area contributed by atoms with Gasteiger partial charge >= 0.3 is 0 Å². The summed E-state index contributed by atoms with van der Waals surface area (Å²) in [6.07, 6.45) is 1.87. The molecule has 4 rings (SSSR count). The van der Waals surface area contributed by atoms with E-state index < -0.39 is 0 Å². The molecule has 0 saturated carbocycles. The summed E-state index contributed by atoms with van der Waals surface area (Å²) in [5, 5.41) is 9.50. The highest BCUT2D eigenvalue weighted by molar-refractivity contribution is 7.71. The molecule has 112 valence electrons. The topological polar surface area (TPSA) is 46.5 Å². The lowest BCUT2D eigenvalue weighted by molar-refractivity contribution is 0.788. The third-order valence-corrected chi connectivity index (χ3v) is 4.11. The van der Waals surface area contributed by atoms with Crippen LogP contribution >= 0.6 is 12.2 Å². The van der Waals surface area contributed by atoms with Crippen LogP contribution < -0.4 is 0 Å². The van der Waals surface area contributed by atoms with Crippen molar-refractivity contribution < 1.29 is 0 Å². The molecule has 2 aromatic heterocycles. The van der Waals surface area contributed by atoms with Gasteiger partial charge in [0.05, 0.1) is 6.54 Å². The van der Waals surface area contributed by atoms with Crippen molar-refractivity contribution in [1.82, 2.24) is 19.7 Å². The number of pyridine rings is 1. The van der Waals surface area contributed by atoms with Gasteiger partial charge in [0.2, 0.25) is 0 Å². The van der Waals surface area contributed by atoms with Crippen LogP contribution in [0.25, 0.3) is 22.3 Å². The molecule has 0 atom stereocenters. The number of hydrogen-bond acceptors (Lipinski definition) is 3. The number of aromatic nitrogens is 4. The Labute approximate surface area is 138 Å². The maximum Gasteiger partial charge on any atom is 0.195 e. The predicted octanol–water partition coefficient (Wildman–Crippen LogP) is 4.20.